The Labute approximate surface area is 154 Å². The van der Waals surface area contributed by atoms with Crippen molar-refractivity contribution < 1.29 is 4.39 Å². The monoisotopic (exact) mass is 433 g/mol. The maximum Gasteiger partial charge on any atom is 0.191 e. The molecule has 3 rings (SSSR count). The molecule has 0 aliphatic carbocycles. The number of benzene rings is 1. The van der Waals surface area contributed by atoms with Crippen molar-refractivity contribution in [1.82, 2.24) is 15.5 Å². The number of piperazine rings is 1. The summed E-state index contributed by atoms with van der Waals surface area (Å²) in [5.74, 6) is 0.767. The number of anilines is 1. The van der Waals surface area contributed by atoms with Crippen LogP contribution < -0.4 is 15.5 Å². The zero-order chi connectivity index (χ0) is 15.2. The van der Waals surface area contributed by atoms with Crippen LogP contribution in [0.2, 0.25) is 0 Å². The lowest BCUT2D eigenvalue weighted by Gasteiger charge is -2.36. The van der Waals surface area contributed by atoms with E-state index in [-0.39, 0.29) is 29.8 Å². The topological polar surface area (TPSA) is 42.9 Å². The summed E-state index contributed by atoms with van der Waals surface area (Å²) in [6, 6.07) is 6.78. The number of hydrogen-bond donors (Lipinski definition) is 2. The molecule has 0 amide bonds. The minimum atomic E-state index is -0.173. The summed E-state index contributed by atoms with van der Waals surface area (Å²) in [6.07, 6.45) is 1.12. The molecule has 2 aliphatic rings. The molecule has 7 heteroatoms. The lowest BCUT2D eigenvalue weighted by molar-refractivity contribution is 0.261. The number of nitrogens with zero attached hydrogens (tertiary/aromatic N) is 3. The maximum absolute atomic E-state index is 13.0. The Bertz CT molecular complexity index is 500. The van der Waals surface area contributed by atoms with E-state index in [0.29, 0.717) is 0 Å². The molecule has 1 aromatic rings. The Morgan fingerprint density at radius 2 is 1.87 bits per heavy atom. The average Bonchev–Trinajstić information content (AvgIpc) is 2.57. The molecule has 2 heterocycles. The molecular weight excluding hydrogens is 408 g/mol. The third-order valence-electron chi connectivity index (χ3n) is 4.18. The van der Waals surface area contributed by atoms with Crippen LogP contribution in [0.1, 0.15) is 6.42 Å². The van der Waals surface area contributed by atoms with E-state index in [4.69, 9.17) is 0 Å². The molecule has 0 bridgehead atoms. The van der Waals surface area contributed by atoms with E-state index < -0.39 is 0 Å². The molecule has 2 N–H and O–H groups in total. The van der Waals surface area contributed by atoms with Crippen molar-refractivity contribution in [3.8, 4) is 0 Å². The molecule has 0 radical (unpaired) electrons. The van der Waals surface area contributed by atoms with Gasteiger partial charge < -0.3 is 15.5 Å². The van der Waals surface area contributed by atoms with Gasteiger partial charge in [-0.25, -0.2) is 4.39 Å². The van der Waals surface area contributed by atoms with Crippen molar-refractivity contribution >= 4 is 35.6 Å². The second-order valence-corrected chi connectivity index (χ2v) is 5.74. The van der Waals surface area contributed by atoms with Crippen molar-refractivity contribution in [3.05, 3.63) is 30.1 Å². The molecule has 2 aliphatic heterocycles. The molecule has 1 aromatic carbocycles. The van der Waals surface area contributed by atoms with E-state index in [0.717, 1.165) is 70.4 Å². The van der Waals surface area contributed by atoms with Crippen LogP contribution >= 0.6 is 24.0 Å². The number of nitrogens with one attached hydrogen (secondary N) is 2. The zero-order valence-corrected chi connectivity index (χ0v) is 15.6. The third-order valence-corrected chi connectivity index (χ3v) is 4.18. The maximum atomic E-state index is 13.0. The van der Waals surface area contributed by atoms with Crippen molar-refractivity contribution in [1.29, 1.82) is 0 Å². The molecule has 0 aromatic heterocycles. The minimum absolute atomic E-state index is 0. The van der Waals surface area contributed by atoms with Crippen molar-refractivity contribution in [2.45, 2.75) is 6.42 Å². The summed E-state index contributed by atoms with van der Waals surface area (Å²) in [7, 11) is 0. The Morgan fingerprint density at radius 3 is 2.52 bits per heavy atom. The standard InChI is InChI=1S/C16H24FN5.HI/c17-14-2-4-15(5-3-14)22-12-10-21(11-13-22)9-8-20-16-18-6-1-7-19-16;/h2-5H,1,6-13H2,(H2,18,19,20);1H. The third kappa shape index (κ3) is 5.49. The molecule has 1 fully saturated rings. The molecule has 0 atom stereocenters. The average molecular weight is 433 g/mol. The van der Waals surface area contributed by atoms with Gasteiger partial charge in [0.1, 0.15) is 5.82 Å². The normalized spacial score (nSPS) is 18.7. The predicted molar refractivity (Wildman–Crippen MR) is 103 cm³/mol. The molecule has 128 valence electrons. The summed E-state index contributed by atoms with van der Waals surface area (Å²) in [5.41, 5.74) is 1.11. The zero-order valence-electron chi connectivity index (χ0n) is 13.3. The van der Waals surface area contributed by atoms with Gasteiger partial charge in [-0.2, -0.15) is 0 Å². The van der Waals surface area contributed by atoms with Crippen LogP contribution in [0.25, 0.3) is 0 Å². The van der Waals surface area contributed by atoms with Gasteiger partial charge in [-0.3, -0.25) is 9.89 Å². The summed E-state index contributed by atoms with van der Waals surface area (Å²) < 4.78 is 13.0. The Hall–Kier alpha value is -1.09. The fourth-order valence-corrected chi connectivity index (χ4v) is 2.87. The second kappa shape index (κ2) is 9.27. The fourth-order valence-electron chi connectivity index (χ4n) is 2.87. The van der Waals surface area contributed by atoms with Gasteiger partial charge >= 0.3 is 0 Å². The van der Waals surface area contributed by atoms with Gasteiger partial charge in [0.15, 0.2) is 5.96 Å². The van der Waals surface area contributed by atoms with Gasteiger partial charge in [0.2, 0.25) is 0 Å². The van der Waals surface area contributed by atoms with E-state index in [1.165, 1.54) is 12.1 Å². The molecule has 1 saturated heterocycles. The first-order valence-electron chi connectivity index (χ1n) is 8.06. The highest BCUT2D eigenvalue weighted by atomic mass is 127. The summed E-state index contributed by atoms with van der Waals surface area (Å²) in [6.45, 7) is 7.95. The number of aliphatic imine (C=N–C) groups is 1. The van der Waals surface area contributed by atoms with Crippen LogP contribution in [-0.2, 0) is 0 Å². The molecule has 0 unspecified atom stereocenters. The Balaban J connectivity index is 0.00000192. The van der Waals surface area contributed by atoms with Gasteiger partial charge in [0.05, 0.1) is 0 Å². The number of hydrogen-bond acceptors (Lipinski definition) is 5. The molecule has 5 nitrogen and oxygen atoms in total. The van der Waals surface area contributed by atoms with E-state index >= 15 is 0 Å². The largest absolute Gasteiger partial charge is 0.369 e. The number of guanidine groups is 1. The van der Waals surface area contributed by atoms with Crippen LogP contribution in [0.15, 0.2) is 29.3 Å². The van der Waals surface area contributed by atoms with Crippen LogP contribution in [0.5, 0.6) is 0 Å². The van der Waals surface area contributed by atoms with Crippen LogP contribution in [-0.4, -0.2) is 63.2 Å². The van der Waals surface area contributed by atoms with E-state index in [2.05, 4.69) is 25.4 Å². The molecule has 0 saturated carbocycles. The van der Waals surface area contributed by atoms with Crippen LogP contribution in [0.4, 0.5) is 10.1 Å². The smallest absolute Gasteiger partial charge is 0.191 e. The minimum Gasteiger partial charge on any atom is -0.369 e. The highest BCUT2D eigenvalue weighted by Crippen LogP contribution is 2.16. The second-order valence-electron chi connectivity index (χ2n) is 5.74. The van der Waals surface area contributed by atoms with Gasteiger partial charge in [0, 0.05) is 58.0 Å². The highest BCUT2D eigenvalue weighted by Gasteiger charge is 2.17. The van der Waals surface area contributed by atoms with Gasteiger partial charge in [0.25, 0.3) is 0 Å². The Kier molecular flexibility index (Phi) is 7.35. The van der Waals surface area contributed by atoms with Crippen molar-refractivity contribution in [2.24, 2.45) is 4.99 Å². The molecular formula is C16H25FIN5. The lowest BCUT2D eigenvalue weighted by Crippen LogP contribution is -2.49. The van der Waals surface area contributed by atoms with E-state index in [9.17, 15) is 4.39 Å². The van der Waals surface area contributed by atoms with Crippen LogP contribution in [0, 0.1) is 5.82 Å². The van der Waals surface area contributed by atoms with Gasteiger partial charge in [-0.15, -0.1) is 24.0 Å². The first-order valence-corrected chi connectivity index (χ1v) is 8.06. The quantitative estimate of drug-likeness (QED) is 0.707. The first-order chi connectivity index (χ1) is 10.8. The lowest BCUT2D eigenvalue weighted by atomic mass is 10.2. The van der Waals surface area contributed by atoms with Gasteiger partial charge in [-0.1, -0.05) is 0 Å². The van der Waals surface area contributed by atoms with Crippen molar-refractivity contribution in [3.63, 3.8) is 0 Å². The predicted octanol–water partition coefficient (Wildman–Crippen LogP) is 1.50. The van der Waals surface area contributed by atoms with Crippen LogP contribution in [0.3, 0.4) is 0 Å². The van der Waals surface area contributed by atoms with E-state index in [1.54, 1.807) is 0 Å². The Morgan fingerprint density at radius 1 is 1.13 bits per heavy atom. The van der Waals surface area contributed by atoms with Crippen molar-refractivity contribution in [2.75, 3.05) is 57.3 Å². The number of rotatable bonds is 4. The fraction of sp³-hybridized carbons (Fsp3) is 0.562. The first kappa shape index (κ1) is 18.3. The highest BCUT2D eigenvalue weighted by molar-refractivity contribution is 14.0. The number of halogens is 2. The SMILES string of the molecule is Fc1ccc(N2CCN(CCNC3=NCCCN3)CC2)cc1.I. The molecule has 0 spiro atoms. The summed E-state index contributed by atoms with van der Waals surface area (Å²) in [4.78, 5) is 9.18. The molecule has 23 heavy (non-hydrogen) atoms. The van der Waals surface area contributed by atoms with Gasteiger partial charge in [-0.05, 0) is 30.7 Å². The summed E-state index contributed by atoms with van der Waals surface area (Å²) >= 11 is 0. The summed E-state index contributed by atoms with van der Waals surface area (Å²) in [5, 5.41) is 6.63. The van der Waals surface area contributed by atoms with E-state index in [1.807, 2.05) is 12.1 Å².